The molecule has 0 aromatic carbocycles. The number of aromatic nitrogens is 1. The minimum absolute atomic E-state index is 0.0742. The lowest BCUT2D eigenvalue weighted by Gasteiger charge is -2.56. The SMILES string of the molecule is CC(C)NC(=O)Nc1nc2c(s1)CN(C(=O)C13CC4CC(CC(C4)C1)C3)CC2. The van der Waals surface area contributed by atoms with Crippen LogP contribution in [0, 0.1) is 23.2 Å². The molecule has 6 nitrogen and oxygen atoms in total. The van der Waals surface area contributed by atoms with Gasteiger partial charge in [-0.05, 0) is 70.1 Å². The molecule has 0 saturated heterocycles. The van der Waals surface area contributed by atoms with Gasteiger partial charge in [0, 0.05) is 23.9 Å². The lowest BCUT2D eigenvalue weighted by Crippen LogP contribution is -2.55. The number of carbonyl (C=O) groups is 2. The van der Waals surface area contributed by atoms with Crippen molar-refractivity contribution in [1.29, 1.82) is 0 Å². The maximum atomic E-state index is 13.6. The molecule has 5 aliphatic rings. The molecule has 7 heteroatoms. The lowest BCUT2D eigenvalue weighted by atomic mass is 9.49. The Kier molecular flexibility index (Phi) is 4.41. The second-order valence-electron chi connectivity index (χ2n) is 9.82. The van der Waals surface area contributed by atoms with E-state index in [9.17, 15) is 9.59 Å². The zero-order valence-corrected chi connectivity index (χ0v) is 17.6. The zero-order valence-electron chi connectivity index (χ0n) is 16.8. The van der Waals surface area contributed by atoms with Crippen LogP contribution < -0.4 is 10.6 Å². The van der Waals surface area contributed by atoms with Gasteiger partial charge < -0.3 is 10.2 Å². The topological polar surface area (TPSA) is 74.3 Å². The van der Waals surface area contributed by atoms with Gasteiger partial charge in [-0.15, -0.1) is 0 Å². The molecule has 2 heterocycles. The lowest BCUT2D eigenvalue weighted by molar-refractivity contribution is -0.158. The molecule has 1 aromatic rings. The summed E-state index contributed by atoms with van der Waals surface area (Å²) in [5, 5.41) is 6.29. The van der Waals surface area contributed by atoms with Crippen LogP contribution in [0.1, 0.15) is 62.9 Å². The van der Waals surface area contributed by atoms with E-state index < -0.39 is 0 Å². The number of thiazole rings is 1. The van der Waals surface area contributed by atoms with E-state index >= 15 is 0 Å². The van der Waals surface area contributed by atoms with Crippen LogP contribution >= 0.6 is 11.3 Å². The molecule has 4 saturated carbocycles. The maximum absolute atomic E-state index is 13.6. The molecular weight excluding hydrogens is 372 g/mol. The quantitative estimate of drug-likeness (QED) is 0.808. The summed E-state index contributed by atoms with van der Waals surface area (Å²) in [4.78, 5) is 33.4. The highest BCUT2D eigenvalue weighted by Gasteiger charge is 2.55. The highest BCUT2D eigenvalue weighted by Crippen LogP contribution is 2.60. The maximum Gasteiger partial charge on any atom is 0.321 e. The first-order chi connectivity index (χ1) is 13.4. The van der Waals surface area contributed by atoms with Crippen LogP contribution in [0.4, 0.5) is 9.93 Å². The van der Waals surface area contributed by atoms with Gasteiger partial charge in [-0.1, -0.05) is 11.3 Å². The summed E-state index contributed by atoms with van der Waals surface area (Å²) in [6.07, 6.45) is 8.22. The summed E-state index contributed by atoms with van der Waals surface area (Å²) in [5.41, 5.74) is 0.967. The number of hydrogen-bond donors (Lipinski definition) is 2. The summed E-state index contributed by atoms with van der Waals surface area (Å²) < 4.78 is 0. The Labute approximate surface area is 170 Å². The van der Waals surface area contributed by atoms with Crippen LogP contribution in [-0.2, 0) is 17.8 Å². The van der Waals surface area contributed by atoms with Crippen molar-refractivity contribution in [3.8, 4) is 0 Å². The van der Waals surface area contributed by atoms with Crippen molar-refractivity contribution in [3.05, 3.63) is 10.6 Å². The van der Waals surface area contributed by atoms with Crippen LogP contribution in [0.15, 0.2) is 0 Å². The predicted molar refractivity (Wildman–Crippen MR) is 109 cm³/mol. The van der Waals surface area contributed by atoms with E-state index in [0.717, 1.165) is 60.6 Å². The third-order valence-corrected chi connectivity index (χ3v) is 8.15. The Balaban J connectivity index is 1.28. The van der Waals surface area contributed by atoms with Crippen LogP contribution in [0.3, 0.4) is 0 Å². The molecule has 1 aromatic heterocycles. The number of amides is 3. The van der Waals surface area contributed by atoms with Gasteiger partial charge in [-0.25, -0.2) is 9.78 Å². The van der Waals surface area contributed by atoms with Gasteiger partial charge in [0.25, 0.3) is 0 Å². The third kappa shape index (κ3) is 3.21. The van der Waals surface area contributed by atoms with Gasteiger partial charge in [0.15, 0.2) is 5.13 Å². The van der Waals surface area contributed by atoms with Gasteiger partial charge in [0.1, 0.15) is 0 Å². The van der Waals surface area contributed by atoms with E-state index in [1.165, 1.54) is 30.6 Å². The van der Waals surface area contributed by atoms with Crippen LogP contribution in [-0.4, -0.2) is 34.4 Å². The molecule has 0 atom stereocenters. The first-order valence-corrected chi connectivity index (χ1v) is 11.6. The van der Waals surface area contributed by atoms with E-state index in [1.807, 2.05) is 13.8 Å². The average molecular weight is 403 g/mol. The Bertz CT molecular complexity index is 767. The number of hydrogen-bond acceptors (Lipinski definition) is 4. The van der Waals surface area contributed by atoms with Crippen LogP contribution in [0.2, 0.25) is 0 Å². The summed E-state index contributed by atoms with van der Waals surface area (Å²) in [6.45, 7) is 5.27. The highest BCUT2D eigenvalue weighted by molar-refractivity contribution is 7.15. The van der Waals surface area contributed by atoms with E-state index in [4.69, 9.17) is 0 Å². The molecule has 4 aliphatic carbocycles. The third-order valence-electron chi connectivity index (χ3n) is 7.15. The Morgan fingerprint density at radius 1 is 1.14 bits per heavy atom. The van der Waals surface area contributed by atoms with E-state index in [2.05, 4.69) is 20.5 Å². The summed E-state index contributed by atoms with van der Waals surface area (Å²) in [7, 11) is 0. The van der Waals surface area contributed by atoms with Gasteiger partial charge in [0.05, 0.1) is 17.7 Å². The van der Waals surface area contributed by atoms with Crippen molar-refractivity contribution in [2.75, 3.05) is 11.9 Å². The molecule has 3 amide bonds. The molecular formula is C21H30N4O2S. The fraction of sp³-hybridized carbons (Fsp3) is 0.762. The first kappa shape index (κ1) is 18.4. The van der Waals surface area contributed by atoms with Crippen molar-refractivity contribution in [1.82, 2.24) is 15.2 Å². The van der Waals surface area contributed by atoms with Crippen molar-refractivity contribution in [2.24, 2.45) is 23.2 Å². The standard InChI is InChI=1S/C21H30N4O2S/c1-12(2)22-19(27)24-20-23-16-3-4-25(11-17(16)28-20)18(26)21-8-13-5-14(9-21)7-15(6-13)10-21/h12-15H,3-11H2,1-2H3,(H2,22,23,24,27). The molecule has 2 N–H and O–H groups in total. The molecule has 28 heavy (non-hydrogen) atoms. The molecule has 0 spiro atoms. The first-order valence-electron chi connectivity index (χ1n) is 10.8. The molecule has 1 aliphatic heterocycles. The smallest absolute Gasteiger partial charge is 0.321 e. The zero-order chi connectivity index (χ0) is 19.5. The number of carbonyl (C=O) groups excluding carboxylic acids is 2. The van der Waals surface area contributed by atoms with Crippen LogP contribution in [0.25, 0.3) is 0 Å². The molecule has 4 bridgehead atoms. The number of nitrogens with zero attached hydrogens (tertiary/aromatic N) is 2. The Morgan fingerprint density at radius 3 is 2.39 bits per heavy atom. The predicted octanol–water partition coefficient (Wildman–Crippen LogP) is 3.77. The number of fused-ring (bicyclic) bond motifs is 1. The molecule has 4 fully saturated rings. The Morgan fingerprint density at radius 2 is 1.79 bits per heavy atom. The normalized spacial score (nSPS) is 33.1. The second kappa shape index (κ2) is 6.71. The van der Waals surface area contributed by atoms with E-state index in [-0.39, 0.29) is 17.5 Å². The number of nitrogens with one attached hydrogen (secondary N) is 2. The Hall–Kier alpha value is -1.63. The highest BCUT2D eigenvalue weighted by atomic mass is 32.1. The summed E-state index contributed by atoms with van der Waals surface area (Å²) in [5.74, 6) is 2.76. The van der Waals surface area contributed by atoms with Gasteiger partial charge in [-0.2, -0.15) is 0 Å². The number of rotatable bonds is 3. The molecule has 0 radical (unpaired) electrons. The fourth-order valence-corrected chi connectivity index (χ4v) is 7.54. The van der Waals surface area contributed by atoms with E-state index in [0.29, 0.717) is 17.6 Å². The largest absolute Gasteiger partial charge is 0.337 e. The summed E-state index contributed by atoms with van der Waals surface area (Å²) in [6, 6.07) is -0.134. The van der Waals surface area contributed by atoms with Crippen molar-refractivity contribution in [3.63, 3.8) is 0 Å². The minimum atomic E-state index is -0.220. The number of anilines is 1. The second-order valence-corrected chi connectivity index (χ2v) is 10.9. The minimum Gasteiger partial charge on any atom is -0.337 e. The van der Waals surface area contributed by atoms with Crippen molar-refractivity contribution >= 4 is 28.4 Å². The van der Waals surface area contributed by atoms with Crippen molar-refractivity contribution in [2.45, 2.75) is 71.4 Å². The summed E-state index contributed by atoms with van der Waals surface area (Å²) >= 11 is 1.51. The average Bonchev–Trinajstić information content (AvgIpc) is 3.00. The van der Waals surface area contributed by atoms with Crippen molar-refractivity contribution < 1.29 is 9.59 Å². The fourth-order valence-electron chi connectivity index (χ4n) is 6.53. The monoisotopic (exact) mass is 402 g/mol. The van der Waals surface area contributed by atoms with Gasteiger partial charge >= 0.3 is 6.03 Å². The van der Waals surface area contributed by atoms with Gasteiger partial charge in [-0.3, -0.25) is 10.1 Å². The molecule has 6 rings (SSSR count). The van der Waals surface area contributed by atoms with E-state index in [1.54, 1.807) is 0 Å². The van der Waals surface area contributed by atoms with Gasteiger partial charge in [0.2, 0.25) is 5.91 Å². The molecule has 152 valence electrons. The number of urea groups is 1. The molecule has 0 unspecified atom stereocenters. The van der Waals surface area contributed by atoms with Crippen LogP contribution in [0.5, 0.6) is 0 Å².